The molecule has 0 saturated carbocycles. The minimum absolute atomic E-state index is 0.278. The minimum Gasteiger partial charge on any atom is -0.396 e. The molecule has 0 bridgehead atoms. The van der Waals surface area contributed by atoms with E-state index < -0.39 is 0 Å². The Morgan fingerprint density at radius 3 is 2.59 bits per heavy atom. The molecule has 17 heavy (non-hydrogen) atoms. The number of nitrogens with two attached hydrogens (primary N) is 1. The molecule has 2 rings (SSSR count). The molecular weight excluding hydrogens is 265 g/mol. The Hall–Kier alpha value is -1.30. The molecule has 0 fully saturated rings. The van der Waals surface area contributed by atoms with Crippen LogP contribution in [0.2, 0.25) is 10.0 Å². The average Bonchev–Trinajstić information content (AvgIpc) is 2.74. The molecule has 0 radical (unpaired) electrons. The van der Waals surface area contributed by atoms with Crippen molar-refractivity contribution >= 4 is 28.9 Å². The number of anilines is 1. The van der Waals surface area contributed by atoms with E-state index >= 15 is 0 Å². The van der Waals surface area contributed by atoms with Crippen LogP contribution < -0.4 is 5.73 Å². The number of hydrogen-bond acceptors (Lipinski definition) is 5. The van der Waals surface area contributed by atoms with Crippen molar-refractivity contribution in [3.63, 3.8) is 0 Å². The summed E-state index contributed by atoms with van der Waals surface area (Å²) in [4.78, 5) is 4.12. The van der Waals surface area contributed by atoms with Crippen LogP contribution in [0.25, 0.3) is 11.5 Å². The van der Waals surface area contributed by atoms with E-state index in [4.69, 9.17) is 38.2 Å². The van der Waals surface area contributed by atoms with Gasteiger partial charge in [0, 0.05) is 12.7 Å². The molecule has 0 spiro atoms. The number of methoxy groups -OCH3 is 1. The van der Waals surface area contributed by atoms with Gasteiger partial charge in [-0.05, 0) is 12.1 Å². The van der Waals surface area contributed by atoms with E-state index in [-0.39, 0.29) is 6.61 Å². The predicted octanol–water partition coefficient (Wildman–Crippen LogP) is 2.77. The summed E-state index contributed by atoms with van der Waals surface area (Å²) >= 11 is 11.8. The zero-order valence-corrected chi connectivity index (χ0v) is 10.4. The van der Waals surface area contributed by atoms with Crippen molar-refractivity contribution in [1.82, 2.24) is 10.1 Å². The molecule has 0 amide bonds. The normalized spacial score (nSPS) is 10.8. The van der Waals surface area contributed by atoms with Gasteiger partial charge in [-0.1, -0.05) is 28.4 Å². The largest absolute Gasteiger partial charge is 0.396 e. The van der Waals surface area contributed by atoms with Gasteiger partial charge in [-0.25, -0.2) is 0 Å². The molecule has 1 heterocycles. The predicted molar refractivity (Wildman–Crippen MR) is 64.9 cm³/mol. The van der Waals surface area contributed by atoms with Gasteiger partial charge in [0.05, 0.1) is 15.7 Å². The fourth-order valence-electron chi connectivity index (χ4n) is 1.27. The number of aromatic nitrogens is 2. The zero-order chi connectivity index (χ0) is 12.4. The Morgan fingerprint density at radius 2 is 2.00 bits per heavy atom. The maximum atomic E-state index is 5.91. The van der Waals surface area contributed by atoms with Gasteiger partial charge in [-0.2, -0.15) is 4.98 Å². The quantitative estimate of drug-likeness (QED) is 0.871. The molecular formula is C10H9Cl2N3O2. The first kappa shape index (κ1) is 12.2. The van der Waals surface area contributed by atoms with E-state index in [9.17, 15) is 0 Å². The molecule has 0 aliphatic rings. The van der Waals surface area contributed by atoms with Crippen LogP contribution in [0.1, 0.15) is 5.82 Å². The van der Waals surface area contributed by atoms with Gasteiger partial charge in [0.15, 0.2) is 5.82 Å². The van der Waals surface area contributed by atoms with Gasteiger partial charge in [0.25, 0.3) is 5.89 Å². The molecule has 0 atom stereocenters. The first-order valence-corrected chi connectivity index (χ1v) is 5.44. The Morgan fingerprint density at radius 1 is 1.35 bits per heavy atom. The zero-order valence-electron chi connectivity index (χ0n) is 8.91. The number of nitrogen functional groups attached to an aromatic ring is 1. The van der Waals surface area contributed by atoms with E-state index in [0.717, 1.165) is 0 Å². The van der Waals surface area contributed by atoms with Crippen molar-refractivity contribution in [2.24, 2.45) is 0 Å². The van der Waals surface area contributed by atoms with Crippen LogP contribution in [-0.4, -0.2) is 17.3 Å². The number of nitrogens with zero attached hydrogens (tertiary/aromatic N) is 2. The SMILES string of the molecule is COCc1noc(-c2cc(Cl)c(N)c(Cl)c2)n1. The topological polar surface area (TPSA) is 74.2 Å². The fourth-order valence-corrected chi connectivity index (χ4v) is 1.75. The second-order valence-corrected chi connectivity index (χ2v) is 4.12. The van der Waals surface area contributed by atoms with Crippen LogP contribution in [-0.2, 0) is 11.3 Å². The Labute approximate surface area is 107 Å². The van der Waals surface area contributed by atoms with E-state index in [2.05, 4.69) is 10.1 Å². The van der Waals surface area contributed by atoms with Crippen molar-refractivity contribution in [1.29, 1.82) is 0 Å². The highest BCUT2D eigenvalue weighted by Gasteiger charge is 2.12. The maximum Gasteiger partial charge on any atom is 0.258 e. The van der Waals surface area contributed by atoms with E-state index in [1.54, 1.807) is 19.2 Å². The fraction of sp³-hybridized carbons (Fsp3) is 0.200. The summed E-state index contributed by atoms with van der Waals surface area (Å²) in [5.41, 5.74) is 6.57. The first-order valence-electron chi connectivity index (χ1n) is 4.68. The third-order valence-electron chi connectivity index (χ3n) is 2.07. The van der Waals surface area contributed by atoms with Gasteiger partial charge in [-0.15, -0.1) is 0 Å². The van der Waals surface area contributed by atoms with Gasteiger partial charge in [-0.3, -0.25) is 0 Å². The van der Waals surface area contributed by atoms with Gasteiger partial charge < -0.3 is 15.0 Å². The second kappa shape index (κ2) is 4.91. The second-order valence-electron chi connectivity index (χ2n) is 3.30. The molecule has 90 valence electrons. The molecule has 7 heteroatoms. The summed E-state index contributed by atoms with van der Waals surface area (Å²) in [7, 11) is 1.55. The molecule has 0 unspecified atom stereocenters. The summed E-state index contributed by atoms with van der Waals surface area (Å²) in [6.07, 6.45) is 0. The number of hydrogen-bond donors (Lipinski definition) is 1. The van der Waals surface area contributed by atoms with Gasteiger partial charge in [0.1, 0.15) is 6.61 Å². The van der Waals surface area contributed by atoms with Crippen molar-refractivity contribution < 1.29 is 9.26 Å². The van der Waals surface area contributed by atoms with Crippen LogP contribution in [0.4, 0.5) is 5.69 Å². The lowest BCUT2D eigenvalue weighted by Gasteiger charge is -2.02. The smallest absolute Gasteiger partial charge is 0.258 e. The lowest BCUT2D eigenvalue weighted by molar-refractivity contribution is 0.174. The third-order valence-corrected chi connectivity index (χ3v) is 2.69. The summed E-state index contributed by atoms with van der Waals surface area (Å²) < 4.78 is 9.94. The van der Waals surface area contributed by atoms with Gasteiger partial charge in [0.2, 0.25) is 0 Å². The van der Waals surface area contributed by atoms with Crippen LogP contribution in [0.5, 0.6) is 0 Å². The molecule has 5 nitrogen and oxygen atoms in total. The van der Waals surface area contributed by atoms with Gasteiger partial charge >= 0.3 is 0 Å². The highest BCUT2D eigenvalue weighted by Crippen LogP contribution is 2.32. The van der Waals surface area contributed by atoms with E-state index in [1.165, 1.54) is 0 Å². The van der Waals surface area contributed by atoms with Crippen LogP contribution in [0.3, 0.4) is 0 Å². The summed E-state index contributed by atoms with van der Waals surface area (Å²) in [5.74, 6) is 0.771. The number of rotatable bonds is 3. The van der Waals surface area contributed by atoms with Crippen LogP contribution in [0, 0.1) is 0 Å². The van der Waals surface area contributed by atoms with Crippen LogP contribution >= 0.6 is 23.2 Å². The molecule has 0 aliphatic carbocycles. The Kier molecular flexibility index (Phi) is 3.51. The van der Waals surface area contributed by atoms with Crippen LogP contribution in [0.15, 0.2) is 16.7 Å². The van der Waals surface area contributed by atoms with E-state index in [1.807, 2.05) is 0 Å². The maximum absolute atomic E-state index is 5.91. The number of halogens is 2. The van der Waals surface area contributed by atoms with Crippen molar-refractivity contribution in [2.45, 2.75) is 6.61 Å². The average molecular weight is 274 g/mol. The molecule has 0 aliphatic heterocycles. The van der Waals surface area contributed by atoms with Crippen molar-refractivity contribution in [3.8, 4) is 11.5 Å². The molecule has 0 saturated heterocycles. The molecule has 2 aromatic rings. The highest BCUT2D eigenvalue weighted by molar-refractivity contribution is 6.39. The van der Waals surface area contributed by atoms with Crippen molar-refractivity contribution in [3.05, 3.63) is 28.0 Å². The summed E-state index contributed by atoms with van der Waals surface area (Å²) in [5, 5.41) is 4.43. The molecule has 2 N–H and O–H groups in total. The highest BCUT2D eigenvalue weighted by atomic mass is 35.5. The number of benzene rings is 1. The summed E-state index contributed by atoms with van der Waals surface area (Å²) in [6, 6.07) is 3.24. The summed E-state index contributed by atoms with van der Waals surface area (Å²) in [6.45, 7) is 0.278. The Balaban J connectivity index is 2.39. The monoisotopic (exact) mass is 273 g/mol. The minimum atomic E-state index is 0.278. The van der Waals surface area contributed by atoms with E-state index in [0.29, 0.717) is 33.0 Å². The standard InChI is InChI=1S/C10H9Cl2N3O2/c1-16-4-8-14-10(17-15-8)5-2-6(11)9(13)7(12)3-5/h2-3H,4,13H2,1H3. The Bertz CT molecular complexity index is 519. The number of ether oxygens (including phenoxy) is 1. The molecule has 1 aromatic heterocycles. The lowest BCUT2D eigenvalue weighted by Crippen LogP contribution is -1.91. The lowest BCUT2D eigenvalue weighted by atomic mass is 10.2. The molecule has 1 aromatic carbocycles. The first-order chi connectivity index (χ1) is 8.11. The van der Waals surface area contributed by atoms with Crippen molar-refractivity contribution in [2.75, 3.05) is 12.8 Å². The third kappa shape index (κ3) is 2.52.